The Morgan fingerprint density at radius 2 is 1.94 bits per heavy atom. The number of halogens is 4. The highest BCUT2D eigenvalue weighted by atomic mass is 35.5. The van der Waals surface area contributed by atoms with Crippen LogP contribution in [0.3, 0.4) is 0 Å². The Labute approximate surface area is 197 Å². The molecule has 0 atom stereocenters. The van der Waals surface area contributed by atoms with Gasteiger partial charge in [0.25, 0.3) is 0 Å². The summed E-state index contributed by atoms with van der Waals surface area (Å²) in [6, 6.07) is 11.7. The maximum absolute atomic E-state index is 13.5. The molecule has 9 heteroatoms. The quantitative estimate of drug-likeness (QED) is 0.516. The highest BCUT2D eigenvalue weighted by molar-refractivity contribution is 7.80. The van der Waals surface area contributed by atoms with Crippen molar-refractivity contribution in [2.45, 2.75) is 26.1 Å². The van der Waals surface area contributed by atoms with Gasteiger partial charge in [-0.25, -0.2) is 0 Å². The van der Waals surface area contributed by atoms with E-state index in [2.05, 4.69) is 16.3 Å². The lowest BCUT2D eigenvalue weighted by Crippen LogP contribution is -2.40. The van der Waals surface area contributed by atoms with Crippen LogP contribution in [0.4, 0.5) is 18.9 Å². The van der Waals surface area contributed by atoms with Gasteiger partial charge in [0.1, 0.15) is 0 Å². The van der Waals surface area contributed by atoms with E-state index in [0.29, 0.717) is 13.1 Å². The Kier molecular flexibility index (Phi) is 8.76. The zero-order valence-electron chi connectivity index (χ0n) is 17.9. The minimum absolute atomic E-state index is 0.0240. The standard InChI is InChI=1S/C23H27ClF3N3OS/c1-17-4-2-5-18(14-17)16-30(9-3-8-29-10-12-31-13-11-29)22(32)28-21-7-6-19(24)15-20(21)23(25,26)27/h2,4-7,14-15H,3,8-13,16H2,1H3,(H,28,32). The fourth-order valence-corrected chi connectivity index (χ4v) is 4.09. The molecule has 0 radical (unpaired) electrons. The number of benzene rings is 2. The summed E-state index contributed by atoms with van der Waals surface area (Å²) in [5.41, 5.74) is 1.23. The topological polar surface area (TPSA) is 27.7 Å². The van der Waals surface area contributed by atoms with Gasteiger partial charge in [0, 0.05) is 37.7 Å². The smallest absolute Gasteiger partial charge is 0.379 e. The van der Waals surface area contributed by atoms with Crippen molar-refractivity contribution in [2.24, 2.45) is 0 Å². The Hall–Kier alpha value is -1.87. The average molecular weight is 486 g/mol. The van der Waals surface area contributed by atoms with Gasteiger partial charge >= 0.3 is 6.18 Å². The monoisotopic (exact) mass is 485 g/mol. The maximum atomic E-state index is 13.5. The molecule has 1 heterocycles. The van der Waals surface area contributed by atoms with Crippen molar-refractivity contribution in [2.75, 3.05) is 44.7 Å². The van der Waals surface area contributed by atoms with Gasteiger partial charge in [-0.05, 0) is 49.3 Å². The number of nitrogens with zero attached hydrogens (tertiary/aromatic N) is 2. The molecule has 32 heavy (non-hydrogen) atoms. The zero-order valence-corrected chi connectivity index (χ0v) is 19.5. The number of thiocarbonyl (C=S) groups is 1. The first-order valence-electron chi connectivity index (χ1n) is 10.5. The Morgan fingerprint density at radius 3 is 2.62 bits per heavy atom. The van der Waals surface area contributed by atoms with E-state index < -0.39 is 11.7 Å². The fraction of sp³-hybridized carbons (Fsp3) is 0.435. The van der Waals surface area contributed by atoms with Crippen LogP contribution in [0, 0.1) is 6.92 Å². The molecule has 0 amide bonds. The second kappa shape index (κ2) is 11.3. The van der Waals surface area contributed by atoms with Crippen molar-refractivity contribution < 1.29 is 17.9 Å². The van der Waals surface area contributed by atoms with Crippen molar-refractivity contribution in [1.29, 1.82) is 0 Å². The summed E-state index contributed by atoms with van der Waals surface area (Å²) in [6.07, 6.45) is -3.71. The normalized spacial score (nSPS) is 14.9. The third kappa shape index (κ3) is 7.33. The Balaban J connectivity index is 1.73. The van der Waals surface area contributed by atoms with Crippen LogP contribution in [0.1, 0.15) is 23.1 Å². The number of hydrogen-bond acceptors (Lipinski definition) is 3. The van der Waals surface area contributed by atoms with Gasteiger partial charge < -0.3 is 15.0 Å². The predicted octanol–water partition coefficient (Wildman–Crippen LogP) is 5.59. The molecule has 1 aliphatic rings. The molecule has 0 aromatic heterocycles. The van der Waals surface area contributed by atoms with E-state index in [9.17, 15) is 13.2 Å². The van der Waals surface area contributed by atoms with Gasteiger partial charge in [-0.3, -0.25) is 4.90 Å². The first-order chi connectivity index (χ1) is 15.2. The first kappa shape index (κ1) is 24.8. The van der Waals surface area contributed by atoms with Crippen LogP contribution < -0.4 is 5.32 Å². The summed E-state index contributed by atoms with van der Waals surface area (Å²) in [5.74, 6) is 0. The number of alkyl halides is 3. The van der Waals surface area contributed by atoms with E-state index in [-0.39, 0.29) is 15.8 Å². The summed E-state index contributed by atoms with van der Waals surface area (Å²) in [5, 5.41) is 3.09. The van der Waals surface area contributed by atoms with E-state index in [1.165, 1.54) is 12.1 Å². The van der Waals surface area contributed by atoms with Crippen LogP contribution in [0.5, 0.6) is 0 Å². The number of hydrogen-bond donors (Lipinski definition) is 1. The molecule has 0 unspecified atom stereocenters. The molecule has 0 saturated carbocycles. The SMILES string of the molecule is Cc1cccc(CN(CCCN2CCOCC2)C(=S)Nc2ccc(Cl)cc2C(F)(F)F)c1. The number of aryl methyl sites for hydroxylation is 1. The molecule has 4 nitrogen and oxygen atoms in total. The minimum atomic E-state index is -4.54. The lowest BCUT2D eigenvalue weighted by molar-refractivity contribution is -0.136. The molecule has 2 aromatic carbocycles. The minimum Gasteiger partial charge on any atom is -0.379 e. The van der Waals surface area contributed by atoms with E-state index in [0.717, 1.165) is 56.5 Å². The zero-order chi connectivity index (χ0) is 23.1. The van der Waals surface area contributed by atoms with Crippen molar-refractivity contribution >= 4 is 34.6 Å². The molecular weight excluding hydrogens is 459 g/mol. The highest BCUT2D eigenvalue weighted by Gasteiger charge is 2.34. The van der Waals surface area contributed by atoms with Crippen LogP contribution in [0.15, 0.2) is 42.5 Å². The molecule has 174 valence electrons. The van der Waals surface area contributed by atoms with Crippen molar-refractivity contribution in [3.8, 4) is 0 Å². The average Bonchev–Trinajstić information content (AvgIpc) is 2.74. The van der Waals surface area contributed by atoms with Gasteiger partial charge in [-0.2, -0.15) is 13.2 Å². The van der Waals surface area contributed by atoms with Crippen LogP contribution in [0.2, 0.25) is 5.02 Å². The van der Waals surface area contributed by atoms with Gasteiger partial charge in [0.05, 0.1) is 24.5 Å². The van der Waals surface area contributed by atoms with E-state index in [1.54, 1.807) is 0 Å². The fourth-order valence-electron chi connectivity index (χ4n) is 3.65. The lowest BCUT2D eigenvalue weighted by atomic mass is 10.1. The molecule has 0 bridgehead atoms. The van der Waals surface area contributed by atoms with Crippen molar-refractivity contribution in [3.63, 3.8) is 0 Å². The summed E-state index contributed by atoms with van der Waals surface area (Å²) in [6.45, 7) is 7.24. The van der Waals surface area contributed by atoms with Crippen LogP contribution >= 0.6 is 23.8 Å². The van der Waals surface area contributed by atoms with Gasteiger partial charge in [0.15, 0.2) is 5.11 Å². The third-order valence-corrected chi connectivity index (χ3v) is 5.87. The largest absolute Gasteiger partial charge is 0.418 e. The Bertz CT molecular complexity index is 920. The molecule has 0 aliphatic carbocycles. The molecule has 1 fully saturated rings. The van der Waals surface area contributed by atoms with Gasteiger partial charge in [-0.15, -0.1) is 0 Å². The Morgan fingerprint density at radius 1 is 1.19 bits per heavy atom. The molecule has 0 spiro atoms. The van der Waals surface area contributed by atoms with Crippen LogP contribution in [0.25, 0.3) is 0 Å². The molecule has 1 saturated heterocycles. The number of rotatable bonds is 7. The third-order valence-electron chi connectivity index (χ3n) is 5.28. The number of morpholine rings is 1. The second-order valence-electron chi connectivity index (χ2n) is 7.84. The van der Waals surface area contributed by atoms with Crippen molar-refractivity contribution in [3.05, 3.63) is 64.2 Å². The molecule has 3 rings (SSSR count). The number of nitrogens with one attached hydrogen (secondary N) is 1. The number of anilines is 1. The lowest BCUT2D eigenvalue weighted by Gasteiger charge is -2.30. The maximum Gasteiger partial charge on any atom is 0.418 e. The second-order valence-corrected chi connectivity index (χ2v) is 8.66. The van der Waals surface area contributed by atoms with E-state index >= 15 is 0 Å². The van der Waals surface area contributed by atoms with E-state index in [4.69, 9.17) is 28.6 Å². The molecule has 1 aliphatic heterocycles. The first-order valence-corrected chi connectivity index (χ1v) is 11.3. The van der Waals surface area contributed by atoms with E-state index in [1.807, 2.05) is 30.0 Å². The molecule has 2 aromatic rings. The molecular formula is C23H27ClF3N3OS. The van der Waals surface area contributed by atoms with Crippen LogP contribution in [-0.4, -0.2) is 54.3 Å². The summed E-state index contributed by atoms with van der Waals surface area (Å²) < 4.78 is 45.9. The van der Waals surface area contributed by atoms with Crippen molar-refractivity contribution in [1.82, 2.24) is 9.80 Å². The summed E-state index contributed by atoms with van der Waals surface area (Å²) in [7, 11) is 0. The summed E-state index contributed by atoms with van der Waals surface area (Å²) >= 11 is 11.4. The highest BCUT2D eigenvalue weighted by Crippen LogP contribution is 2.36. The molecule has 1 N–H and O–H groups in total. The predicted molar refractivity (Wildman–Crippen MR) is 126 cm³/mol. The van der Waals surface area contributed by atoms with Gasteiger partial charge in [0.2, 0.25) is 0 Å². The number of ether oxygens (including phenoxy) is 1. The summed E-state index contributed by atoms with van der Waals surface area (Å²) in [4.78, 5) is 4.24. The van der Waals surface area contributed by atoms with Gasteiger partial charge in [-0.1, -0.05) is 41.4 Å². The van der Waals surface area contributed by atoms with Crippen LogP contribution in [-0.2, 0) is 17.5 Å².